The molecule has 1 saturated carbocycles. The number of rotatable bonds is 3. The van der Waals surface area contributed by atoms with E-state index in [1.54, 1.807) is 6.26 Å². The number of furan rings is 1. The number of hydrogen-bond donors (Lipinski definition) is 1. The van der Waals surface area contributed by atoms with Crippen molar-refractivity contribution in [3.05, 3.63) is 24.2 Å². The van der Waals surface area contributed by atoms with Gasteiger partial charge in [0.15, 0.2) is 0 Å². The number of piperazine rings is 1. The second-order valence-corrected chi connectivity index (χ2v) is 4.58. The Morgan fingerprint density at radius 1 is 1.33 bits per heavy atom. The summed E-state index contributed by atoms with van der Waals surface area (Å²) >= 11 is 0. The van der Waals surface area contributed by atoms with Crippen LogP contribution in [0.3, 0.4) is 0 Å². The molecule has 1 aliphatic heterocycles. The lowest BCUT2D eigenvalue weighted by Crippen LogP contribution is -2.45. The maximum Gasteiger partial charge on any atom is 0.121 e. The van der Waals surface area contributed by atoms with E-state index in [0.717, 1.165) is 32.1 Å². The van der Waals surface area contributed by atoms with Crippen LogP contribution in [0.5, 0.6) is 0 Å². The maximum absolute atomic E-state index is 5.59. The Kier molecular flexibility index (Phi) is 2.51. The van der Waals surface area contributed by atoms with Crippen LogP contribution in [0.4, 0.5) is 0 Å². The van der Waals surface area contributed by atoms with E-state index in [1.807, 2.05) is 6.07 Å². The lowest BCUT2D eigenvalue weighted by atomic mass is 10.1. The zero-order valence-electron chi connectivity index (χ0n) is 8.98. The Balaban J connectivity index is 1.77. The minimum absolute atomic E-state index is 0.544. The first-order chi connectivity index (χ1) is 7.45. The summed E-state index contributed by atoms with van der Waals surface area (Å²) < 4.78 is 5.59. The standard InChI is InChI=1S/C12H18N2O/c1-2-11(15-9-1)12(10-3-4-10)14-7-5-13-6-8-14/h1-2,9-10,12-13H,3-8H2/t12-/m0/s1. The van der Waals surface area contributed by atoms with Crippen molar-refractivity contribution in [3.63, 3.8) is 0 Å². The van der Waals surface area contributed by atoms with E-state index in [4.69, 9.17) is 4.42 Å². The molecule has 0 bridgehead atoms. The van der Waals surface area contributed by atoms with E-state index in [9.17, 15) is 0 Å². The smallest absolute Gasteiger partial charge is 0.121 e. The lowest BCUT2D eigenvalue weighted by Gasteiger charge is -2.33. The fourth-order valence-corrected chi connectivity index (χ4v) is 2.54. The summed E-state index contributed by atoms with van der Waals surface area (Å²) in [5.74, 6) is 2.01. The van der Waals surface area contributed by atoms with Crippen LogP contribution in [0.25, 0.3) is 0 Å². The summed E-state index contributed by atoms with van der Waals surface area (Å²) in [5.41, 5.74) is 0. The molecule has 0 amide bonds. The molecule has 0 radical (unpaired) electrons. The molecule has 2 fully saturated rings. The van der Waals surface area contributed by atoms with Gasteiger partial charge in [0, 0.05) is 26.2 Å². The quantitative estimate of drug-likeness (QED) is 0.815. The van der Waals surface area contributed by atoms with E-state index in [2.05, 4.69) is 16.3 Å². The predicted octanol–water partition coefficient (Wildman–Crippen LogP) is 1.64. The Labute approximate surface area is 90.4 Å². The highest BCUT2D eigenvalue weighted by atomic mass is 16.3. The third-order valence-electron chi connectivity index (χ3n) is 3.45. The highest BCUT2D eigenvalue weighted by Gasteiger charge is 2.38. The van der Waals surface area contributed by atoms with E-state index in [0.29, 0.717) is 6.04 Å². The van der Waals surface area contributed by atoms with Crippen molar-refractivity contribution < 1.29 is 4.42 Å². The summed E-state index contributed by atoms with van der Waals surface area (Å²) in [6, 6.07) is 4.68. The average molecular weight is 206 g/mol. The normalized spacial score (nSPS) is 25.3. The van der Waals surface area contributed by atoms with Gasteiger partial charge in [0.25, 0.3) is 0 Å². The van der Waals surface area contributed by atoms with Gasteiger partial charge in [-0.1, -0.05) is 0 Å². The molecule has 0 aromatic carbocycles. The molecule has 2 aliphatic rings. The van der Waals surface area contributed by atoms with Crippen LogP contribution in [-0.4, -0.2) is 31.1 Å². The molecular weight excluding hydrogens is 188 g/mol. The highest BCUT2D eigenvalue weighted by molar-refractivity contribution is 5.09. The van der Waals surface area contributed by atoms with Gasteiger partial charge in [-0.3, -0.25) is 4.90 Å². The van der Waals surface area contributed by atoms with Crippen molar-refractivity contribution >= 4 is 0 Å². The first-order valence-electron chi connectivity index (χ1n) is 5.93. The van der Waals surface area contributed by atoms with Gasteiger partial charge in [-0.25, -0.2) is 0 Å². The van der Waals surface area contributed by atoms with E-state index in [1.165, 1.54) is 18.6 Å². The third kappa shape index (κ3) is 1.94. The van der Waals surface area contributed by atoms with Crippen LogP contribution in [0, 0.1) is 5.92 Å². The van der Waals surface area contributed by atoms with Gasteiger partial charge in [-0.2, -0.15) is 0 Å². The Morgan fingerprint density at radius 2 is 2.13 bits per heavy atom. The molecule has 3 heteroatoms. The molecule has 3 nitrogen and oxygen atoms in total. The molecule has 0 unspecified atom stereocenters. The Bertz CT molecular complexity index is 299. The summed E-state index contributed by atoms with van der Waals surface area (Å²) in [7, 11) is 0. The van der Waals surface area contributed by atoms with E-state index < -0.39 is 0 Å². The molecule has 1 atom stereocenters. The molecule has 0 spiro atoms. The first kappa shape index (κ1) is 9.43. The largest absolute Gasteiger partial charge is 0.468 e. The van der Waals surface area contributed by atoms with Crippen LogP contribution in [-0.2, 0) is 0 Å². The first-order valence-corrected chi connectivity index (χ1v) is 5.93. The fraction of sp³-hybridized carbons (Fsp3) is 0.667. The molecule has 82 valence electrons. The van der Waals surface area contributed by atoms with Gasteiger partial charge in [0.2, 0.25) is 0 Å². The van der Waals surface area contributed by atoms with Gasteiger partial charge < -0.3 is 9.73 Å². The minimum Gasteiger partial charge on any atom is -0.468 e. The lowest BCUT2D eigenvalue weighted by molar-refractivity contribution is 0.137. The highest BCUT2D eigenvalue weighted by Crippen LogP contribution is 2.44. The zero-order valence-corrected chi connectivity index (χ0v) is 8.98. The summed E-state index contributed by atoms with van der Waals surface area (Å²) in [5, 5.41) is 3.40. The average Bonchev–Trinajstić information content (AvgIpc) is 2.96. The molecule has 1 aromatic rings. The predicted molar refractivity (Wildman–Crippen MR) is 58.6 cm³/mol. The summed E-state index contributed by atoms with van der Waals surface area (Å²) in [4.78, 5) is 2.58. The number of hydrogen-bond acceptors (Lipinski definition) is 3. The second kappa shape index (κ2) is 3.99. The number of nitrogens with one attached hydrogen (secondary N) is 1. The van der Waals surface area contributed by atoms with Crippen molar-refractivity contribution in [2.24, 2.45) is 5.92 Å². The molecule has 15 heavy (non-hydrogen) atoms. The van der Waals surface area contributed by atoms with Crippen molar-refractivity contribution in [1.82, 2.24) is 10.2 Å². The zero-order chi connectivity index (χ0) is 10.1. The van der Waals surface area contributed by atoms with Crippen LogP contribution in [0.2, 0.25) is 0 Å². The van der Waals surface area contributed by atoms with Crippen LogP contribution in [0.1, 0.15) is 24.6 Å². The second-order valence-electron chi connectivity index (χ2n) is 4.58. The molecule has 3 rings (SSSR count). The number of nitrogens with zero attached hydrogens (tertiary/aromatic N) is 1. The fourth-order valence-electron chi connectivity index (χ4n) is 2.54. The molecule has 1 aromatic heterocycles. The van der Waals surface area contributed by atoms with E-state index >= 15 is 0 Å². The third-order valence-corrected chi connectivity index (χ3v) is 3.45. The molecule has 1 saturated heterocycles. The summed E-state index contributed by atoms with van der Waals surface area (Å²) in [6.07, 6.45) is 4.54. The molecule has 1 aliphatic carbocycles. The monoisotopic (exact) mass is 206 g/mol. The summed E-state index contributed by atoms with van der Waals surface area (Å²) in [6.45, 7) is 4.54. The minimum atomic E-state index is 0.544. The van der Waals surface area contributed by atoms with Crippen molar-refractivity contribution in [3.8, 4) is 0 Å². The van der Waals surface area contributed by atoms with Crippen LogP contribution < -0.4 is 5.32 Å². The van der Waals surface area contributed by atoms with Crippen LogP contribution >= 0.6 is 0 Å². The Hall–Kier alpha value is -0.800. The van der Waals surface area contributed by atoms with Crippen LogP contribution in [0.15, 0.2) is 22.8 Å². The van der Waals surface area contributed by atoms with Gasteiger partial charge >= 0.3 is 0 Å². The van der Waals surface area contributed by atoms with Crippen molar-refractivity contribution in [2.45, 2.75) is 18.9 Å². The van der Waals surface area contributed by atoms with Crippen molar-refractivity contribution in [1.29, 1.82) is 0 Å². The van der Waals surface area contributed by atoms with Gasteiger partial charge in [0.05, 0.1) is 12.3 Å². The maximum atomic E-state index is 5.59. The topological polar surface area (TPSA) is 28.4 Å². The van der Waals surface area contributed by atoms with E-state index in [-0.39, 0.29) is 0 Å². The molecular formula is C12H18N2O. The molecule has 2 heterocycles. The van der Waals surface area contributed by atoms with Crippen molar-refractivity contribution in [2.75, 3.05) is 26.2 Å². The molecule has 1 N–H and O–H groups in total. The van der Waals surface area contributed by atoms with Gasteiger partial charge in [-0.05, 0) is 30.9 Å². The Morgan fingerprint density at radius 3 is 2.73 bits per heavy atom. The van der Waals surface area contributed by atoms with Gasteiger partial charge in [0.1, 0.15) is 5.76 Å². The van der Waals surface area contributed by atoms with Gasteiger partial charge in [-0.15, -0.1) is 0 Å². The SMILES string of the molecule is c1coc([C@H](C2CC2)N2CCNCC2)c1.